The van der Waals surface area contributed by atoms with Gasteiger partial charge in [0, 0.05) is 0 Å². The zero-order valence-corrected chi connectivity index (χ0v) is 9.19. The molecule has 3 nitrogen and oxygen atoms in total. The summed E-state index contributed by atoms with van der Waals surface area (Å²) in [5.74, 6) is 3.90. The second-order valence-corrected chi connectivity index (χ2v) is 4.11. The second-order valence-electron chi connectivity index (χ2n) is 4.11. The molecule has 0 spiro atoms. The van der Waals surface area contributed by atoms with E-state index >= 15 is 0 Å². The lowest BCUT2D eigenvalue weighted by molar-refractivity contribution is 0.113. The second kappa shape index (κ2) is 4.07. The predicted molar refractivity (Wildman–Crippen MR) is 60.3 cm³/mol. The summed E-state index contributed by atoms with van der Waals surface area (Å²) in [6, 6.07) is 5.76. The number of ether oxygens (including phenoxy) is 2. The van der Waals surface area contributed by atoms with Gasteiger partial charge in [0.2, 0.25) is 6.79 Å². The van der Waals surface area contributed by atoms with Gasteiger partial charge in [0.25, 0.3) is 0 Å². The maximum atomic E-state index is 9.69. The number of hydrogen-bond acceptors (Lipinski definition) is 3. The average Bonchev–Trinajstić information content (AvgIpc) is 2.73. The fraction of sp³-hybridized carbons (Fsp3) is 0.385. The minimum atomic E-state index is -1.05. The van der Waals surface area contributed by atoms with Crippen molar-refractivity contribution in [3.63, 3.8) is 0 Å². The Morgan fingerprint density at radius 3 is 2.94 bits per heavy atom. The van der Waals surface area contributed by atoms with E-state index in [1.165, 1.54) is 0 Å². The van der Waals surface area contributed by atoms with Gasteiger partial charge in [-0.05, 0) is 37.5 Å². The van der Waals surface area contributed by atoms with Crippen LogP contribution in [0.1, 0.15) is 18.9 Å². The molecule has 0 saturated carbocycles. The summed E-state index contributed by atoms with van der Waals surface area (Å²) >= 11 is 0. The highest BCUT2D eigenvalue weighted by molar-refractivity contribution is 5.44. The van der Waals surface area contributed by atoms with Crippen LogP contribution in [-0.4, -0.2) is 17.5 Å². The molecule has 1 unspecified atom stereocenters. The first kappa shape index (κ1) is 10.8. The van der Waals surface area contributed by atoms with Crippen molar-refractivity contribution >= 4 is 0 Å². The molecule has 1 aromatic carbocycles. The topological polar surface area (TPSA) is 38.7 Å². The van der Waals surface area contributed by atoms with Gasteiger partial charge in [0.1, 0.15) is 5.60 Å². The zero-order chi connectivity index (χ0) is 11.6. The lowest BCUT2D eigenvalue weighted by atomic mass is 9.97. The summed E-state index contributed by atoms with van der Waals surface area (Å²) in [7, 11) is 0. The minimum Gasteiger partial charge on any atom is -0.454 e. The summed E-state index contributed by atoms with van der Waals surface area (Å²) in [5, 5.41) is 9.69. The van der Waals surface area contributed by atoms with Gasteiger partial charge < -0.3 is 14.6 Å². The van der Waals surface area contributed by atoms with Crippen molar-refractivity contribution in [1.29, 1.82) is 0 Å². The van der Waals surface area contributed by atoms with Crippen LogP contribution < -0.4 is 9.47 Å². The van der Waals surface area contributed by atoms with Gasteiger partial charge in [-0.2, -0.15) is 0 Å². The quantitative estimate of drug-likeness (QED) is 0.785. The van der Waals surface area contributed by atoms with Crippen molar-refractivity contribution in [1.82, 2.24) is 0 Å². The number of aliphatic hydroxyl groups is 1. The number of benzene rings is 1. The van der Waals surface area contributed by atoms with E-state index in [2.05, 4.69) is 5.92 Å². The van der Waals surface area contributed by atoms with Gasteiger partial charge >= 0.3 is 0 Å². The molecule has 1 heterocycles. The van der Waals surface area contributed by atoms with Gasteiger partial charge in [-0.25, -0.2) is 0 Å². The van der Waals surface area contributed by atoms with Gasteiger partial charge in [-0.1, -0.05) is 12.0 Å². The Balaban J connectivity index is 2.04. The lowest BCUT2D eigenvalue weighted by Crippen LogP contribution is -2.21. The molecule has 0 aliphatic carbocycles. The highest BCUT2D eigenvalue weighted by atomic mass is 16.7. The molecule has 0 amide bonds. The van der Waals surface area contributed by atoms with Crippen LogP contribution in [0.4, 0.5) is 0 Å². The summed E-state index contributed by atoms with van der Waals surface area (Å²) in [4.78, 5) is 0. The Bertz CT molecular complexity index is 429. The van der Waals surface area contributed by atoms with Crippen molar-refractivity contribution in [2.75, 3.05) is 6.79 Å². The first-order valence-corrected chi connectivity index (χ1v) is 5.19. The maximum Gasteiger partial charge on any atom is 0.231 e. The first-order valence-electron chi connectivity index (χ1n) is 5.19. The first-order chi connectivity index (χ1) is 7.61. The molecule has 0 fully saturated rings. The van der Waals surface area contributed by atoms with Crippen LogP contribution in [0.5, 0.6) is 11.5 Å². The largest absolute Gasteiger partial charge is 0.454 e. The van der Waals surface area contributed by atoms with Crippen LogP contribution in [0.15, 0.2) is 18.2 Å². The summed E-state index contributed by atoms with van der Waals surface area (Å²) in [6.07, 6.45) is 6.46. The van der Waals surface area contributed by atoms with Gasteiger partial charge in [-0.3, -0.25) is 0 Å². The fourth-order valence-electron chi connectivity index (χ4n) is 1.56. The summed E-state index contributed by atoms with van der Waals surface area (Å²) < 4.78 is 10.5. The molecule has 2 rings (SSSR count). The van der Waals surface area contributed by atoms with Crippen molar-refractivity contribution in [2.45, 2.75) is 25.4 Å². The van der Waals surface area contributed by atoms with E-state index in [0.717, 1.165) is 17.1 Å². The molecule has 16 heavy (non-hydrogen) atoms. The smallest absolute Gasteiger partial charge is 0.231 e. The zero-order valence-electron chi connectivity index (χ0n) is 9.19. The standard InChI is InChI=1S/C13H14O3/c1-3-13(2,14)7-6-10-4-5-11-12(8-10)16-9-15-11/h1,4-5,8,14H,6-7,9H2,2H3. The molecule has 1 aliphatic rings. The maximum absolute atomic E-state index is 9.69. The van der Waals surface area contributed by atoms with E-state index in [9.17, 15) is 5.11 Å². The monoisotopic (exact) mass is 218 g/mol. The molecular weight excluding hydrogens is 204 g/mol. The highest BCUT2D eigenvalue weighted by Gasteiger charge is 2.17. The molecule has 0 radical (unpaired) electrons. The molecular formula is C13H14O3. The third kappa shape index (κ3) is 2.29. The van der Waals surface area contributed by atoms with Crippen LogP contribution in [-0.2, 0) is 6.42 Å². The van der Waals surface area contributed by atoms with E-state index < -0.39 is 5.60 Å². The minimum absolute atomic E-state index is 0.279. The number of rotatable bonds is 3. The Hall–Kier alpha value is -1.66. The number of terminal acetylenes is 1. The summed E-state index contributed by atoms with van der Waals surface area (Å²) in [6.45, 7) is 1.92. The number of aryl methyl sites for hydroxylation is 1. The predicted octanol–water partition coefficient (Wildman–Crippen LogP) is 1.73. The van der Waals surface area contributed by atoms with Crippen molar-refractivity contribution in [2.24, 2.45) is 0 Å². The van der Waals surface area contributed by atoms with Crippen molar-refractivity contribution in [3.8, 4) is 23.8 Å². The van der Waals surface area contributed by atoms with Crippen molar-refractivity contribution in [3.05, 3.63) is 23.8 Å². The number of hydrogen-bond donors (Lipinski definition) is 1. The van der Waals surface area contributed by atoms with E-state index in [1.807, 2.05) is 18.2 Å². The van der Waals surface area contributed by atoms with E-state index in [-0.39, 0.29) is 6.79 Å². The normalized spacial score (nSPS) is 16.6. The highest BCUT2D eigenvalue weighted by Crippen LogP contribution is 2.33. The Morgan fingerprint density at radius 2 is 2.19 bits per heavy atom. The third-order valence-electron chi connectivity index (χ3n) is 2.65. The van der Waals surface area contributed by atoms with Gasteiger partial charge in [0.15, 0.2) is 11.5 Å². The van der Waals surface area contributed by atoms with Crippen LogP contribution in [0, 0.1) is 12.3 Å². The van der Waals surface area contributed by atoms with Crippen LogP contribution in [0.3, 0.4) is 0 Å². The summed E-state index contributed by atoms with van der Waals surface area (Å²) in [5.41, 5.74) is 0.0379. The molecule has 3 heteroatoms. The number of fused-ring (bicyclic) bond motifs is 1. The Kier molecular flexibility index (Phi) is 2.76. The molecule has 1 atom stereocenters. The molecule has 84 valence electrons. The van der Waals surface area contributed by atoms with E-state index in [0.29, 0.717) is 12.8 Å². The van der Waals surface area contributed by atoms with Crippen LogP contribution in [0.2, 0.25) is 0 Å². The Labute approximate surface area is 95.0 Å². The molecule has 0 bridgehead atoms. The van der Waals surface area contributed by atoms with Crippen molar-refractivity contribution < 1.29 is 14.6 Å². The SMILES string of the molecule is C#CC(C)(O)CCc1ccc2c(c1)OCO2. The van der Waals surface area contributed by atoms with Gasteiger partial charge in [0.05, 0.1) is 0 Å². The molecule has 0 saturated heterocycles. The van der Waals surface area contributed by atoms with E-state index in [1.54, 1.807) is 6.92 Å². The fourth-order valence-corrected chi connectivity index (χ4v) is 1.56. The van der Waals surface area contributed by atoms with E-state index in [4.69, 9.17) is 15.9 Å². The third-order valence-corrected chi connectivity index (χ3v) is 2.65. The molecule has 1 aromatic rings. The Morgan fingerprint density at radius 1 is 1.44 bits per heavy atom. The molecule has 0 aromatic heterocycles. The van der Waals surface area contributed by atoms with Crippen LogP contribution in [0.25, 0.3) is 0 Å². The average molecular weight is 218 g/mol. The molecule has 1 aliphatic heterocycles. The lowest BCUT2D eigenvalue weighted by Gasteiger charge is -2.15. The molecule has 1 N–H and O–H groups in total. The van der Waals surface area contributed by atoms with Gasteiger partial charge in [-0.15, -0.1) is 6.42 Å². The van der Waals surface area contributed by atoms with Crippen LogP contribution >= 0.6 is 0 Å².